The fourth-order valence-corrected chi connectivity index (χ4v) is 5.47. The Balaban J connectivity index is 1.61. The summed E-state index contributed by atoms with van der Waals surface area (Å²) < 4.78 is 0. The summed E-state index contributed by atoms with van der Waals surface area (Å²) in [4.78, 5) is 45.9. The zero-order valence-corrected chi connectivity index (χ0v) is 20.2. The van der Waals surface area contributed by atoms with Gasteiger partial charge in [-0.3, -0.25) is 19.4 Å². The molecule has 3 amide bonds. The molecule has 1 aliphatic rings. The normalized spacial score (nSPS) is 12.5. The maximum Gasteiger partial charge on any atom is 0.258 e. The minimum absolute atomic E-state index is 0.0709. The zero-order valence-electron chi connectivity index (χ0n) is 19.4. The number of fused-ring (bicyclic) bond motifs is 1. The molecule has 0 atom stereocenters. The molecule has 0 saturated heterocycles. The lowest BCUT2D eigenvalue weighted by atomic mass is 9.95. The first-order chi connectivity index (χ1) is 16.5. The number of carbonyl (C=O) groups is 3. The fourth-order valence-electron chi connectivity index (χ4n) is 4.18. The lowest BCUT2D eigenvalue weighted by Gasteiger charge is -2.19. The second-order valence-corrected chi connectivity index (χ2v) is 9.23. The number of nitrogens with zero attached hydrogens (tertiary/aromatic N) is 2. The molecule has 2 aromatic heterocycles. The van der Waals surface area contributed by atoms with Gasteiger partial charge < -0.3 is 15.5 Å². The molecule has 3 aromatic rings. The first-order valence-electron chi connectivity index (χ1n) is 11.6. The summed E-state index contributed by atoms with van der Waals surface area (Å²) in [5.74, 6) is -0.653. The second kappa shape index (κ2) is 10.6. The van der Waals surface area contributed by atoms with Crippen LogP contribution in [0.25, 0.3) is 0 Å². The molecule has 7 nitrogen and oxygen atoms in total. The summed E-state index contributed by atoms with van der Waals surface area (Å²) in [6.07, 6.45) is 6.89. The van der Waals surface area contributed by atoms with Crippen molar-refractivity contribution in [1.29, 1.82) is 0 Å². The lowest BCUT2D eigenvalue weighted by molar-refractivity contribution is 0.0772. The number of thiophene rings is 1. The van der Waals surface area contributed by atoms with E-state index in [1.54, 1.807) is 47.5 Å². The summed E-state index contributed by atoms with van der Waals surface area (Å²) in [7, 11) is 0. The average molecular weight is 477 g/mol. The fraction of sp³-hybridized carbons (Fsp3) is 0.308. The summed E-state index contributed by atoms with van der Waals surface area (Å²) in [5, 5.41) is 6.43. The molecule has 4 rings (SSSR count). The zero-order chi connectivity index (χ0) is 24.1. The van der Waals surface area contributed by atoms with E-state index < -0.39 is 0 Å². The van der Waals surface area contributed by atoms with E-state index in [2.05, 4.69) is 15.6 Å². The molecule has 0 saturated carbocycles. The van der Waals surface area contributed by atoms with Gasteiger partial charge >= 0.3 is 0 Å². The van der Waals surface area contributed by atoms with Gasteiger partial charge in [-0.2, -0.15) is 0 Å². The number of pyridine rings is 1. The quantitative estimate of drug-likeness (QED) is 0.502. The minimum atomic E-state index is -0.299. The van der Waals surface area contributed by atoms with Crippen molar-refractivity contribution in [2.75, 3.05) is 23.7 Å². The van der Waals surface area contributed by atoms with Crippen LogP contribution in [-0.2, 0) is 12.8 Å². The Morgan fingerprint density at radius 1 is 0.971 bits per heavy atom. The van der Waals surface area contributed by atoms with Crippen LogP contribution >= 0.6 is 11.3 Å². The van der Waals surface area contributed by atoms with Gasteiger partial charge in [-0.25, -0.2) is 0 Å². The molecule has 1 aromatic carbocycles. The maximum absolute atomic E-state index is 13.4. The molecule has 0 aliphatic heterocycles. The molecule has 0 fully saturated rings. The minimum Gasteiger partial charge on any atom is -0.339 e. The third-order valence-corrected chi connectivity index (χ3v) is 7.17. The highest BCUT2D eigenvalue weighted by molar-refractivity contribution is 7.17. The van der Waals surface area contributed by atoms with E-state index in [0.717, 1.165) is 36.1 Å². The van der Waals surface area contributed by atoms with E-state index >= 15 is 0 Å². The average Bonchev–Trinajstić information content (AvgIpc) is 3.23. The number of carbonyl (C=O) groups excluding carboxylic acids is 3. The van der Waals surface area contributed by atoms with E-state index in [0.29, 0.717) is 40.5 Å². The number of nitrogens with one attached hydrogen (secondary N) is 2. The van der Waals surface area contributed by atoms with Crippen molar-refractivity contribution in [3.05, 3.63) is 75.9 Å². The van der Waals surface area contributed by atoms with Crippen LogP contribution in [0.3, 0.4) is 0 Å². The van der Waals surface area contributed by atoms with Crippen LogP contribution in [0.5, 0.6) is 0 Å². The van der Waals surface area contributed by atoms with Crippen LogP contribution in [0, 0.1) is 0 Å². The maximum atomic E-state index is 13.4. The van der Waals surface area contributed by atoms with Crippen LogP contribution in [0.2, 0.25) is 0 Å². The topological polar surface area (TPSA) is 91.4 Å². The smallest absolute Gasteiger partial charge is 0.258 e. The Bertz CT molecular complexity index is 1200. The van der Waals surface area contributed by atoms with Crippen LogP contribution in [0.15, 0.2) is 48.8 Å². The number of rotatable bonds is 7. The van der Waals surface area contributed by atoms with Gasteiger partial charge in [-0.15, -0.1) is 11.3 Å². The summed E-state index contributed by atoms with van der Waals surface area (Å²) in [6.45, 7) is 5.11. The van der Waals surface area contributed by atoms with E-state index in [9.17, 15) is 14.4 Å². The number of hydrogen-bond acceptors (Lipinski definition) is 5. The molecule has 176 valence electrons. The highest BCUT2D eigenvalue weighted by Crippen LogP contribution is 2.38. The summed E-state index contributed by atoms with van der Waals surface area (Å²) in [6, 6.07) is 10.4. The number of aryl methyl sites for hydroxylation is 1. The van der Waals surface area contributed by atoms with Gasteiger partial charge in [0.25, 0.3) is 17.7 Å². The highest BCUT2D eigenvalue weighted by Gasteiger charge is 2.27. The van der Waals surface area contributed by atoms with E-state index in [1.165, 1.54) is 17.5 Å². The molecule has 8 heteroatoms. The van der Waals surface area contributed by atoms with Gasteiger partial charge in [0.1, 0.15) is 5.00 Å². The molecule has 1 aliphatic carbocycles. The lowest BCUT2D eigenvalue weighted by Crippen LogP contribution is -2.30. The number of amides is 3. The standard InChI is InChI=1S/C26H28N4O3S/c1-3-30(4-2)26(33)17-9-7-11-19(15-17)28-24(32)22-20-12-5-6-13-21(20)34-25(22)29-23(31)18-10-8-14-27-16-18/h7-11,14-16H,3-6,12-13H2,1-2H3,(H,28,32)(H,29,31). The predicted molar refractivity (Wildman–Crippen MR) is 135 cm³/mol. The third kappa shape index (κ3) is 5.02. The Morgan fingerprint density at radius 3 is 2.47 bits per heavy atom. The first kappa shape index (κ1) is 23.6. The first-order valence-corrected chi connectivity index (χ1v) is 12.4. The van der Waals surface area contributed by atoms with Gasteiger partial charge in [0.15, 0.2) is 0 Å². The van der Waals surface area contributed by atoms with Gasteiger partial charge in [0.2, 0.25) is 0 Å². The van der Waals surface area contributed by atoms with Crippen LogP contribution < -0.4 is 10.6 Å². The Labute approximate surface area is 203 Å². The summed E-state index contributed by atoms with van der Waals surface area (Å²) in [5.41, 5.74) is 3.02. The van der Waals surface area contributed by atoms with Crippen molar-refractivity contribution in [3.8, 4) is 0 Å². The largest absolute Gasteiger partial charge is 0.339 e. The van der Waals surface area contributed by atoms with Crippen LogP contribution in [0.4, 0.5) is 10.7 Å². The van der Waals surface area contributed by atoms with Gasteiger partial charge in [-0.1, -0.05) is 6.07 Å². The SMILES string of the molecule is CCN(CC)C(=O)c1cccc(NC(=O)c2c(NC(=O)c3cccnc3)sc3c2CCCC3)c1. The van der Waals surface area contributed by atoms with Crippen LogP contribution in [-0.4, -0.2) is 40.7 Å². The van der Waals surface area contributed by atoms with Crippen molar-refractivity contribution >= 4 is 39.7 Å². The van der Waals surface area contributed by atoms with E-state index in [-0.39, 0.29) is 17.7 Å². The molecule has 0 spiro atoms. The number of anilines is 2. The van der Waals surface area contributed by atoms with Crippen molar-refractivity contribution in [2.24, 2.45) is 0 Å². The number of aromatic nitrogens is 1. The number of hydrogen-bond donors (Lipinski definition) is 2. The molecular weight excluding hydrogens is 448 g/mol. The molecular formula is C26H28N4O3S. The van der Waals surface area contributed by atoms with Crippen LogP contribution in [0.1, 0.15) is 68.2 Å². The molecule has 2 heterocycles. The highest BCUT2D eigenvalue weighted by atomic mass is 32.1. The Morgan fingerprint density at radius 2 is 1.74 bits per heavy atom. The van der Waals surface area contributed by atoms with Crippen molar-refractivity contribution in [2.45, 2.75) is 39.5 Å². The van der Waals surface area contributed by atoms with E-state index in [1.807, 2.05) is 13.8 Å². The van der Waals surface area contributed by atoms with Gasteiger partial charge in [0, 0.05) is 41.6 Å². The van der Waals surface area contributed by atoms with Gasteiger partial charge in [-0.05, 0) is 75.4 Å². The Kier molecular flexibility index (Phi) is 7.37. The van der Waals surface area contributed by atoms with Crippen molar-refractivity contribution in [1.82, 2.24) is 9.88 Å². The van der Waals surface area contributed by atoms with Crippen molar-refractivity contribution < 1.29 is 14.4 Å². The second-order valence-electron chi connectivity index (χ2n) is 8.12. The number of benzene rings is 1. The third-order valence-electron chi connectivity index (χ3n) is 5.97. The molecule has 0 unspecified atom stereocenters. The molecule has 34 heavy (non-hydrogen) atoms. The molecule has 2 N–H and O–H groups in total. The Hall–Kier alpha value is -3.52. The van der Waals surface area contributed by atoms with E-state index in [4.69, 9.17) is 0 Å². The van der Waals surface area contributed by atoms with Crippen molar-refractivity contribution in [3.63, 3.8) is 0 Å². The predicted octanol–water partition coefficient (Wildman–Crippen LogP) is 5.01. The van der Waals surface area contributed by atoms with Gasteiger partial charge in [0.05, 0.1) is 11.1 Å². The molecule has 0 radical (unpaired) electrons. The monoisotopic (exact) mass is 476 g/mol. The summed E-state index contributed by atoms with van der Waals surface area (Å²) >= 11 is 1.47. The molecule has 0 bridgehead atoms.